The molecule has 0 saturated carbocycles. The van der Waals surface area contributed by atoms with Crippen LogP contribution in [0, 0.1) is 17.7 Å². The van der Waals surface area contributed by atoms with Gasteiger partial charge in [0.2, 0.25) is 0 Å². The van der Waals surface area contributed by atoms with Gasteiger partial charge in [-0.1, -0.05) is 11.8 Å². The Hall–Kier alpha value is -1.90. The van der Waals surface area contributed by atoms with Gasteiger partial charge in [-0.05, 0) is 32.0 Å². The molecule has 4 nitrogen and oxygen atoms in total. The number of hydrogen-bond donors (Lipinski definition) is 2. The van der Waals surface area contributed by atoms with Crippen LogP contribution in [0.5, 0.6) is 0 Å². The molecule has 20 heavy (non-hydrogen) atoms. The van der Waals surface area contributed by atoms with Gasteiger partial charge in [0.1, 0.15) is 5.82 Å². The van der Waals surface area contributed by atoms with Crippen molar-refractivity contribution in [3.8, 4) is 11.8 Å². The predicted molar refractivity (Wildman–Crippen MR) is 75.6 cm³/mol. The molecule has 1 aromatic carbocycles. The fraction of sp³-hybridized carbons (Fsp3) is 0.400. The third-order valence-electron chi connectivity index (χ3n) is 2.51. The lowest BCUT2D eigenvalue weighted by Gasteiger charge is -2.25. The van der Waals surface area contributed by atoms with E-state index in [1.807, 2.05) is 0 Å². The molecule has 0 atom stereocenters. The first-order chi connectivity index (χ1) is 9.24. The molecule has 108 valence electrons. The highest BCUT2D eigenvalue weighted by Crippen LogP contribution is 2.13. The topological polar surface area (TPSA) is 66.6 Å². The second-order valence-electron chi connectivity index (χ2n) is 5.17. The van der Waals surface area contributed by atoms with Gasteiger partial charge in [0.15, 0.2) is 0 Å². The summed E-state index contributed by atoms with van der Waals surface area (Å²) in [6.07, 6.45) is 0. The van der Waals surface area contributed by atoms with Gasteiger partial charge in [0.25, 0.3) is 5.91 Å². The van der Waals surface area contributed by atoms with Gasteiger partial charge in [0.05, 0.1) is 17.7 Å². The van der Waals surface area contributed by atoms with Crippen molar-refractivity contribution in [3.05, 3.63) is 35.1 Å². The molecule has 5 heteroatoms. The number of likely N-dealkylation sites (N-methyl/N-ethyl adjacent to an activating group) is 1. The highest BCUT2D eigenvalue weighted by Gasteiger charge is 2.20. The maximum Gasteiger partial charge on any atom is 0.253 e. The smallest absolute Gasteiger partial charge is 0.253 e. The quantitative estimate of drug-likeness (QED) is 0.810. The normalized spacial score (nSPS) is 10.7. The molecule has 1 rings (SSSR count). The van der Waals surface area contributed by atoms with Crippen molar-refractivity contribution < 1.29 is 14.3 Å². The number of rotatable bonds is 3. The first kappa shape index (κ1) is 16.2. The van der Waals surface area contributed by atoms with Gasteiger partial charge < -0.3 is 15.7 Å². The Morgan fingerprint density at radius 2 is 2.15 bits per heavy atom. The summed E-state index contributed by atoms with van der Waals surface area (Å²) in [5, 5.41) is 9.68. The monoisotopic (exact) mass is 278 g/mol. The molecule has 0 aromatic heterocycles. The van der Waals surface area contributed by atoms with E-state index in [9.17, 15) is 14.3 Å². The van der Waals surface area contributed by atoms with Gasteiger partial charge in [-0.3, -0.25) is 4.79 Å². The molecule has 3 N–H and O–H groups in total. The number of benzene rings is 1. The average molecular weight is 278 g/mol. The van der Waals surface area contributed by atoms with Crippen LogP contribution in [0.15, 0.2) is 18.2 Å². The van der Waals surface area contributed by atoms with Crippen molar-refractivity contribution in [1.29, 1.82) is 0 Å². The zero-order valence-corrected chi connectivity index (χ0v) is 11.9. The summed E-state index contributed by atoms with van der Waals surface area (Å²) in [6.45, 7) is 3.50. The van der Waals surface area contributed by atoms with Crippen molar-refractivity contribution in [2.45, 2.75) is 19.4 Å². The summed E-state index contributed by atoms with van der Waals surface area (Å²) in [4.78, 5) is 13.4. The van der Waals surface area contributed by atoms with Crippen LogP contribution in [0.4, 0.5) is 4.39 Å². The Kier molecular flexibility index (Phi) is 5.26. The van der Waals surface area contributed by atoms with Crippen LogP contribution in [0.2, 0.25) is 0 Å². The van der Waals surface area contributed by atoms with Crippen LogP contribution in [0.3, 0.4) is 0 Å². The first-order valence-electron chi connectivity index (χ1n) is 6.21. The van der Waals surface area contributed by atoms with E-state index < -0.39 is 11.4 Å². The summed E-state index contributed by atoms with van der Waals surface area (Å²) >= 11 is 0. The van der Waals surface area contributed by atoms with Gasteiger partial charge in [-0.25, -0.2) is 4.39 Å². The molecule has 0 unspecified atom stereocenters. The number of nitrogens with zero attached hydrogens (tertiary/aromatic N) is 1. The molecule has 0 spiro atoms. The standard InChI is InChI=1S/C15H19FN2O2/c1-15(2,20)10-18(3)14(19)12-7-6-11(5-4-8-17)13(16)9-12/h6-7,9,20H,8,10,17H2,1-3H3. The fourth-order valence-corrected chi connectivity index (χ4v) is 1.77. The third kappa shape index (κ3) is 4.65. The summed E-state index contributed by atoms with van der Waals surface area (Å²) in [7, 11) is 1.56. The summed E-state index contributed by atoms with van der Waals surface area (Å²) in [5.74, 6) is 4.23. The zero-order chi connectivity index (χ0) is 15.3. The van der Waals surface area contributed by atoms with Crippen molar-refractivity contribution in [2.75, 3.05) is 20.1 Å². The largest absolute Gasteiger partial charge is 0.389 e. The Balaban J connectivity index is 2.92. The molecule has 1 aromatic rings. The lowest BCUT2D eigenvalue weighted by Crippen LogP contribution is -2.39. The van der Waals surface area contributed by atoms with Crippen LogP contribution in [-0.2, 0) is 0 Å². The number of hydrogen-bond acceptors (Lipinski definition) is 3. The van der Waals surface area contributed by atoms with E-state index in [1.54, 1.807) is 20.9 Å². The second kappa shape index (κ2) is 6.51. The minimum atomic E-state index is -1.00. The summed E-state index contributed by atoms with van der Waals surface area (Å²) in [5.41, 5.74) is 4.64. The van der Waals surface area contributed by atoms with Gasteiger partial charge in [-0.15, -0.1) is 0 Å². The summed E-state index contributed by atoms with van der Waals surface area (Å²) in [6, 6.07) is 4.10. The molecular formula is C15H19FN2O2. The maximum absolute atomic E-state index is 13.8. The number of halogens is 1. The van der Waals surface area contributed by atoms with E-state index in [1.165, 1.54) is 17.0 Å². The van der Waals surface area contributed by atoms with Gasteiger partial charge in [0, 0.05) is 19.2 Å². The number of carbonyl (C=O) groups excluding carboxylic acids is 1. The molecule has 0 saturated heterocycles. The van der Waals surface area contributed by atoms with Crippen LogP contribution < -0.4 is 5.73 Å². The summed E-state index contributed by atoms with van der Waals surface area (Å²) < 4.78 is 13.8. The fourth-order valence-electron chi connectivity index (χ4n) is 1.77. The van der Waals surface area contributed by atoms with E-state index >= 15 is 0 Å². The maximum atomic E-state index is 13.8. The van der Waals surface area contributed by atoms with Crippen LogP contribution in [0.25, 0.3) is 0 Å². The molecular weight excluding hydrogens is 259 g/mol. The number of nitrogens with two attached hydrogens (primary N) is 1. The number of aliphatic hydroxyl groups is 1. The Morgan fingerprint density at radius 3 is 2.65 bits per heavy atom. The third-order valence-corrected chi connectivity index (χ3v) is 2.51. The minimum Gasteiger partial charge on any atom is -0.389 e. The molecule has 0 aliphatic carbocycles. The number of carbonyl (C=O) groups is 1. The molecule has 0 aliphatic rings. The second-order valence-corrected chi connectivity index (χ2v) is 5.17. The Labute approximate surface area is 118 Å². The lowest BCUT2D eigenvalue weighted by molar-refractivity contribution is 0.0367. The van der Waals surface area contributed by atoms with Gasteiger partial charge in [-0.2, -0.15) is 0 Å². The SMILES string of the molecule is CN(CC(C)(C)O)C(=O)c1ccc(C#CCN)c(F)c1. The Morgan fingerprint density at radius 1 is 1.50 bits per heavy atom. The number of amides is 1. The molecule has 0 bridgehead atoms. The minimum absolute atomic E-state index is 0.147. The molecule has 0 fully saturated rings. The van der Waals surface area contributed by atoms with Crippen molar-refractivity contribution in [1.82, 2.24) is 4.90 Å². The highest BCUT2D eigenvalue weighted by atomic mass is 19.1. The van der Waals surface area contributed by atoms with Crippen molar-refractivity contribution >= 4 is 5.91 Å². The van der Waals surface area contributed by atoms with E-state index in [4.69, 9.17) is 5.73 Å². The molecule has 0 radical (unpaired) electrons. The average Bonchev–Trinajstić information content (AvgIpc) is 2.34. The van der Waals surface area contributed by atoms with E-state index in [-0.39, 0.29) is 30.1 Å². The highest BCUT2D eigenvalue weighted by molar-refractivity contribution is 5.94. The molecule has 0 heterocycles. The van der Waals surface area contributed by atoms with Gasteiger partial charge >= 0.3 is 0 Å². The van der Waals surface area contributed by atoms with Crippen molar-refractivity contribution in [2.24, 2.45) is 5.73 Å². The van der Waals surface area contributed by atoms with E-state index in [2.05, 4.69) is 11.8 Å². The molecule has 0 aliphatic heterocycles. The van der Waals surface area contributed by atoms with Crippen LogP contribution in [0.1, 0.15) is 29.8 Å². The lowest BCUT2D eigenvalue weighted by atomic mass is 10.1. The van der Waals surface area contributed by atoms with Crippen LogP contribution in [-0.4, -0.2) is 41.7 Å². The first-order valence-corrected chi connectivity index (χ1v) is 6.21. The van der Waals surface area contributed by atoms with Crippen molar-refractivity contribution in [3.63, 3.8) is 0 Å². The Bertz CT molecular complexity index is 553. The molecule has 1 amide bonds. The zero-order valence-electron chi connectivity index (χ0n) is 11.9. The predicted octanol–water partition coefficient (Wildman–Crippen LogP) is 0.979. The van der Waals surface area contributed by atoms with E-state index in [0.717, 1.165) is 6.07 Å². The van der Waals surface area contributed by atoms with E-state index in [0.29, 0.717) is 0 Å². The van der Waals surface area contributed by atoms with Crippen LogP contribution >= 0.6 is 0 Å².